The van der Waals surface area contributed by atoms with Crippen molar-refractivity contribution in [3.05, 3.63) is 49.1 Å². The van der Waals surface area contributed by atoms with Crippen molar-refractivity contribution in [1.82, 2.24) is 19.1 Å². The fourth-order valence-corrected chi connectivity index (χ4v) is 2.69. The number of hydrogen-bond acceptors (Lipinski definition) is 4. The minimum atomic E-state index is -1.12. The number of carboxylic acids is 1. The molecule has 0 aliphatic rings. The molecule has 0 bridgehead atoms. The average Bonchev–Trinajstić information content (AvgIpc) is 3.22. The predicted molar refractivity (Wildman–Crippen MR) is 88.3 cm³/mol. The van der Waals surface area contributed by atoms with Crippen LogP contribution in [0.25, 0.3) is 22.8 Å². The monoisotopic (exact) mass is 326 g/mol. The molecule has 0 saturated heterocycles. The second-order valence-electron chi connectivity index (χ2n) is 5.29. The zero-order chi connectivity index (χ0) is 17.1. The first-order valence-electron chi connectivity index (χ1n) is 7.64. The number of aliphatic hydroxyl groups is 1. The maximum Gasteiger partial charge on any atom is 0.329 e. The van der Waals surface area contributed by atoms with E-state index in [1.165, 1.54) is 10.9 Å². The summed E-state index contributed by atoms with van der Waals surface area (Å²) in [6, 6.07) is 8.39. The van der Waals surface area contributed by atoms with Gasteiger partial charge in [0.1, 0.15) is 5.69 Å². The van der Waals surface area contributed by atoms with Crippen LogP contribution in [0.5, 0.6) is 0 Å². The number of carbonyl (C=O) groups is 1. The first-order chi connectivity index (χ1) is 11.7. The molecule has 0 saturated carbocycles. The Morgan fingerprint density at radius 3 is 2.62 bits per heavy atom. The molecule has 2 heterocycles. The molecule has 1 aromatic carbocycles. The average molecular weight is 326 g/mol. The van der Waals surface area contributed by atoms with Gasteiger partial charge in [0.2, 0.25) is 0 Å². The summed E-state index contributed by atoms with van der Waals surface area (Å²) in [5.41, 5.74) is 2.07. The molecule has 0 spiro atoms. The van der Waals surface area contributed by atoms with Crippen LogP contribution in [0, 0.1) is 0 Å². The standard InChI is InChI=1S/C17H18N4O3/c1-2-20-9-8-18-16(20)15-14(12-6-4-3-5-7-12)19-11-21(15)13(10-22)17(23)24/h3-9,11,13,22H,2,10H2,1H3,(H,23,24). The van der Waals surface area contributed by atoms with E-state index >= 15 is 0 Å². The number of aliphatic hydroxyl groups excluding tert-OH is 1. The zero-order valence-electron chi connectivity index (χ0n) is 13.2. The van der Waals surface area contributed by atoms with E-state index in [1.54, 1.807) is 6.20 Å². The van der Waals surface area contributed by atoms with Gasteiger partial charge in [0.05, 0.1) is 18.6 Å². The van der Waals surface area contributed by atoms with Gasteiger partial charge < -0.3 is 19.3 Å². The lowest BCUT2D eigenvalue weighted by Gasteiger charge is -2.16. The molecule has 3 aromatic rings. The summed E-state index contributed by atoms with van der Waals surface area (Å²) in [4.78, 5) is 20.3. The summed E-state index contributed by atoms with van der Waals surface area (Å²) in [7, 11) is 0. The molecule has 1 unspecified atom stereocenters. The van der Waals surface area contributed by atoms with E-state index in [-0.39, 0.29) is 0 Å². The lowest BCUT2D eigenvalue weighted by molar-refractivity contribution is -0.142. The fraction of sp³-hybridized carbons (Fsp3) is 0.235. The fourth-order valence-electron chi connectivity index (χ4n) is 2.69. The van der Waals surface area contributed by atoms with Crippen LogP contribution in [0.15, 0.2) is 49.1 Å². The number of benzene rings is 1. The van der Waals surface area contributed by atoms with Crippen LogP contribution in [0.1, 0.15) is 13.0 Å². The highest BCUT2D eigenvalue weighted by molar-refractivity contribution is 5.79. The van der Waals surface area contributed by atoms with Crippen molar-refractivity contribution in [3.63, 3.8) is 0 Å². The molecular formula is C17H18N4O3. The third-order valence-electron chi connectivity index (χ3n) is 3.90. The molecule has 3 rings (SSSR count). The second-order valence-corrected chi connectivity index (χ2v) is 5.29. The van der Waals surface area contributed by atoms with Crippen molar-refractivity contribution in [2.75, 3.05) is 6.61 Å². The summed E-state index contributed by atoms with van der Waals surface area (Å²) in [5.74, 6) is -0.501. The van der Waals surface area contributed by atoms with Crippen molar-refractivity contribution >= 4 is 5.97 Å². The molecule has 0 aliphatic carbocycles. The number of aryl methyl sites for hydroxylation is 1. The van der Waals surface area contributed by atoms with Gasteiger partial charge in [-0.25, -0.2) is 14.8 Å². The number of aliphatic carboxylic acids is 1. The minimum Gasteiger partial charge on any atom is -0.480 e. The summed E-state index contributed by atoms with van der Waals surface area (Å²) < 4.78 is 3.38. The quantitative estimate of drug-likeness (QED) is 0.723. The molecule has 1 atom stereocenters. The van der Waals surface area contributed by atoms with E-state index in [1.807, 2.05) is 48.0 Å². The van der Waals surface area contributed by atoms with Gasteiger partial charge in [0.15, 0.2) is 11.9 Å². The van der Waals surface area contributed by atoms with Crippen LogP contribution < -0.4 is 0 Å². The minimum absolute atomic E-state index is 0.528. The number of aromatic nitrogens is 4. The molecule has 0 fully saturated rings. The highest BCUT2D eigenvalue weighted by Gasteiger charge is 2.27. The van der Waals surface area contributed by atoms with E-state index in [9.17, 15) is 15.0 Å². The van der Waals surface area contributed by atoms with E-state index in [0.29, 0.717) is 23.8 Å². The van der Waals surface area contributed by atoms with E-state index in [0.717, 1.165) is 5.56 Å². The summed E-state index contributed by atoms with van der Waals surface area (Å²) in [5, 5.41) is 18.9. The van der Waals surface area contributed by atoms with Gasteiger partial charge in [-0.2, -0.15) is 0 Å². The van der Waals surface area contributed by atoms with Gasteiger partial charge in [-0.15, -0.1) is 0 Å². The third-order valence-corrected chi connectivity index (χ3v) is 3.90. The molecular weight excluding hydrogens is 308 g/mol. The molecule has 0 radical (unpaired) electrons. The Morgan fingerprint density at radius 1 is 1.25 bits per heavy atom. The smallest absolute Gasteiger partial charge is 0.329 e. The van der Waals surface area contributed by atoms with Gasteiger partial charge in [-0.3, -0.25) is 0 Å². The Morgan fingerprint density at radius 2 is 2.00 bits per heavy atom. The van der Waals surface area contributed by atoms with Crippen molar-refractivity contribution in [2.45, 2.75) is 19.5 Å². The van der Waals surface area contributed by atoms with Crippen molar-refractivity contribution in [2.24, 2.45) is 0 Å². The van der Waals surface area contributed by atoms with E-state index in [4.69, 9.17) is 0 Å². The first kappa shape index (κ1) is 15.9. The van der Waals surface area contributed by atoms with Crippen molar-refractivity contribution < 1.29 is 15.0 Å². The number of nitrogens with zero attached hydrogens (tertiary/aromatic N) is 4. The van der Waals surface area contributed by atoms with Gasteiger partial charge in [0.25, 0.3) is 0 Å². The lowest BCUT2D eigenvalue weighted by Crippen LogP contribution is -2.23. The second kappa shape index (κ2) is 6.67. The van der Waals surface area contributed by atoms with Crippen LogP contribution in [0.3, 0.4) is 0 Å². The third kappa shape index (κ3) is 2.69. The summed E-state index contributed by atoms with van der Waals surface area (Å²) in [6.07, 6.45) is 4.94. The Hall–Kier alpha value is -2.93. The van der Waals surface area contributed by atoms with Gasteiger partial charge in [-0.05, 0) is 6.92 Å². The normalized spacial score (nSPS) is 12.2. The topological polar surface area (TPSA) is 93.2 Å². The predicted octanol–water partition coefficient (Wildman–Crippen LogP) is 2.05. The summed E-state index contributed by atoms with van der Waals surface area (Å²) in [6.45, 7) is 2.14. The highest BCUT2D eigenvalue weighted by atomic mass is 16.4. The first-order valence-corrected chi connectivity index (χ1v) is 7.64. The molecule has 0 amide bonds. The highest BCUT2D eigenvalue weighted by Crippen LogP contribution is 2.32. The van der Waals surface area contributed by atoms with Crippen LogP contribution >= 0.6 is 0 Å². The molecule has 0 aliphatic heterocycles. The van der Waals surface area contributed by atoms with Gasteiger partial charge >= 0.3 is 5.97 Å². The number of rotatable bonds is 6. The Kier molecular flexibility index (Phi) is 4.43. The maximum atomic E-state index is 11.5. The lowest BCUT2D eigenvalue weighted by atomic mass is 10.1. The van der Waals surface area contributed by atoms with E-state index in [2.05, 4.69) is 9.97 Å². The SMILES string of the molecule is CCn1ccnc1-c1c(-c2ccccc2)ncn1C(CO)C(=O)O. The van der Waals surface area contributed by atoms with Crippen LogP contribution in [0.4, 0.5) is 0 Å². The molecule has 7 heteroatoms. The van der Waals surface area contributed by atoms with E-state index < -0.39 is 18.6 Å². The number of carboxylic acid groups (broad SMARTS) is 1. The number of imidazole rings is 2. The number of hydrogen-bond donors (Lipinski definition) is 2. The molecule has 124 valence electrons. The molecule has 2 aromatic heterocycles. The molecule has 7 nitrogen and oxygen atoms in total. The Labute approximate surface area is 138 Å². The Bertz CT molecular complexity index is 839. The van der Waals surface area contributed by atoms with Crippen LogP contribution in [-0.4, -0.2) is 41.9 Å². The zero-order valence-corrected chi connectivity index (χ0v) is 13.2. The van der Waals surface area contributed by atoms with Gasteiger partial charge in [0, 0.05) is 24.5 Å². The van der Waals surface area contributed by atoms with Crippen LogP contribution in [-0.2, 0) is 11.3 Å². The maximum absolute atomic E-state index is 11.5. The molecule has 24 heavy (non-hydrogen) atoms. The summed E-state index contributed by atoms with van der Waals surface area (Å²) >= 11 is 0. The van der Waals surface area contributed by atoms with Crippen LogP contribution in [0.2, 0.25) is 0 Å². The molecule has 2 N–H and O–H groups in total. The van der Waals surface area contributed by atoms with Crippen molar-refractivity contribution in [3.8, 4) is 22.8 Å². The largest absolute Gasteiger partial charge is 0.480 e. The van der Waals surface area contributed by atoms with Crippen molar-refractivity contribution in [1.29, 1.82) is 0 Å². The Balaban J connectivity index is 2.25. The van der Waals surface area contributed by atoms with Gasteiger partial charge in [-0.1, -0.05) is 30.3 Å².